The highest BCUT2D eigenvalue weighted by Crippen LogP contribution is 2.19. The molecule has 1 aromatic carbocycles. The molecule has 0 saturated heterocycles. The average Bonchev–Trinajstić information content (AvgIpc) is 2.42. The molecular formula is C12H18N2O6S. The van der Waals surface area contributed by atoms with Gasteiger partial charge in [-0.1, -0.05) is 0 Å². The van der Waals surface area contributed by atoms with Crippen molar-refractivity contribution in [2.24, 2.45) is 0 Å². The Labute approximate surface area is 122 Å². The van der Waals surface area contributed by atoms with Gasteiger partial charge in [-0.05, 0) is 18.2 Å². The third kappa shape index (κ3) is 5.31. The number of hydrogen-bond donors (Lipinski definition) is 3. The normalized spacial score (nSPS) is 11.5. The summed E-state index contributed by atoms with van der Waals surface area (Å²) in [7, 11) is -2.45. The second kappa shape index (κ2) is 7.93. The van der Waals surface area contributed by atoms with E-state index in [0.29, 0.717) is 13.2 Å². The summed E-state index contributed by atoms with van der Waals surface area (Å²) in [6.45, 7) is 0.912. The van der Waals surface area contributed by atoms with Crippen molar-refractivity contribution in [3.8, 4) is 0 Å². The zero-order valence-corrected chi connectivity index (χ0v) is 12.4. The number of carboxylic acids is 1. The number of ether oxygens (including phenoxy) is 2. The van der Waals surface area contributed by atoms with Crippen LogP contribution in [0.25, 0.3) is 0 Å². The van der Waals surface area contributed by atoms with Crippen LogP contribution in [-0.4, -0.2) is 53.0 Å². The molecule has 21 heavy (non-hydrogen) atoms. The van der Waals surface area contributed by atoms with Gasteiger partial charge in [0.15, 0.2) is 0 Å². The predicted molar refractivity (Wildman–Crippen MR) is 75.7 cm³/mol. The summed E-state index contributed by atoms with van der Waals surface area (Å²) in [6, 6.07) is 3.59. The number of anilines is 1. The molecule has 0 heterocycles. The Morgan fingerprint density at radius 3 is 2.67 bits per heavy atom. The zero-order valence-electron chi connectivity index (χ0n) is 11.5. The number of carbonyl (C=O) groups is 1. The molecule has 0 aliphatic rings. The zero-order chi connectivity index (χ0) is 15.9. The topological polar surface area (TPSA) is 128 Å². The van der Waals surface area contributed by atoms with E-state index in [1.54, 1.807) is 0 Å². The van der Waals surface area contributed by atoms with E-state index in [1.807, 2.05) is 0 Å². The second-order valence-corrected chi connectivity index (χ2v) is 5.80. The molecule has 0 radical (unpaired) electrons. The second-order valence-electron chi connectivity index (χ2n) is 4.06. The van der Waals surface area contributed by atoms with Crippen LogP contribution >= 0.6 is 0 Å². The summed E-state index contributed by atoms with van der Waals surface area (Å²) >= 11 is 0. The van der Waals surface area contributed by atoms with Crippen molar-refractivity contribution >= 4 is 21.7 Å². The highest BCUT2D eigenvalue weighted by atomic mass is 32.2. The molecular weight excluding hydrogens is 300 g/mol. The number of carboxylic acid groups (broad SMARTS) is 1. The Bertz CT molecular complexity index is 587. The number of nitrogen functional groups attached to an aromatic ring is 1. The molecule has 0 spiro atoms. The number of benzene rings is 1. The van der Waals surface area contributed by atoms with Crippen molar-refractivity contribution in [3.05, 3.63) is 23.8 Å². The van der Waals surface area contributed by atoms with Crippen LogP contribution in [0.5, 0.6) is 0 Å². The Hall–Kier alpha value is -1.68. The van der Waals surface area contributed by atoms with E-state index in [4.69, 9.17) is 20.3 Å². The van der Waals surface area contributed by atoms with Gasteiger partial charge < -0.3 is 20.3 Å². The number of rotatable bonds is 9. The lowest BCUT2D eigenvalue weighted by atomic mass is 10.2. The molecule has 0 aliphatic heterocycles. The molecule has 0 saturated carbocycles. The lowest BCUT2D eigenvalue weighted by Gasteiger charge is -2.10. The molecule has 0 fully saturated rings. The van der Waals surface area contributed by atoms with E-state index in [0.717, 1.165) is 12.1 Å². The minimum atomic E-state index is -3.97. The summed E-state index contributed by atoms with van der Waals surface area (Å²) < 4.78 is 36.3. The molecule has 0 amide bonds. The van der Waals surface area contributed by atoms with Crippen LogP contribution < -0.4 is 10.5 Å². The fourth-order valence-corrected chi connectivity index (χ4v) is 2.75. The Kier molecular flexibility index (Phi) is 6.56. The van der Waals surface area contributed by atoms with Gasteiger partial charge in [-0.3, -0.25) is 0 Å². The van der Waals surface area contributed by atoms with E-state index in [-0.39, 0.29) is 29.3 Å². The summed E-state index contributed by atoms with van der Waals surface area (Å²) in [4.78, 5) is 10.7. The first kappa shape index (κ1) is 17.4. The molecule has 0 atom stereocenters. The molecule has 9 heteroatoms. The van der Waals surface area contributed by atoms with E-state index in [1.165, 1.54) is 13.2 Å². The van der Waals surface area contributed by atoms with Crippen LogP contribution in [0.4, 0.5) is 5.69 Å². The smallest absolute Gasteiger partial charge is 0.337 e. The third-order valence-corrected chi connectivity index (χ3v) is 4.00. The van der Waals surface area contributed by atoms with Crippen molar-refractivity contribution in [2.45, 2.75) is 4.90 Å². The maximum atomic E-state index is 12.1. The monoisotopic (exact) mass is 318 g/mol. The number of nitrogens with two attached hydrogens (primary N) is 1. The van der Waals surface area contributed by atoms with Gasteiger partial charge in [-0.25, -0.2) is 17.9 Å². The van der Waals surface area contributed by atoms with Crippen molar-refractivity contribution in [3.63, 3.8) is 0 Å². The number of aromatic carboxylic acids is 1. The van der Waals surface area contributed by atoms with E-state index in [2.05, 4.69) is 4.72 Å². The molecule has 0 bridgehead atoms. The number of methoxy groups -OCH3 is 1. The van der Waals surface area contributed by atoms with Gasteiger partial charge in [-0.2, -0.15) is 0 Å². The molecule has 1 aromatic rings. The minimum Gasteiger partial charge on any atom is -0.478 e. The first-order valence-electron chi connectivity index (χ1n) is 6.07. The molecule has 0 aromatic heterocycles. The van der Waals surface area contributed by atoms with Gasteiger partial charge >= 0.3 is 5.97 Å². The van der Waals surface area contributed by atoms with Crippen LogP contribution in [-0.2, 0) is 19.5 Å². The molecule has 8 nitrogen and oxygen atoms in total. The first-order valence-corrected chi connectivity index (χ1v) is 7.56. The SMILES string of the molecule is COCCOCCNS(=O)(=O)c1cc(N)ccc1C(=O)O. The number of hydrogen-bond acceptors (Lipinski definition) is 6. The standard InChI is InChI=1S/C12H18N2O6S/c1-19-6-7-20-5-4-14-21(17,18)11-8-9(13)2-3-10(11)12(15)16/h2-3,8,14H,4-7,13H2,1H3,(H,15,16). The lowest BCUT2D eigenvalue weighted by Crippen LogP contribution is -2.29. The maximum absolute atomic E-state index is 12.1. The first-order chi connectivity index (χ1) is 9.88. The van der Waals surface area contributed by atoms with Crippen molar-refractivity contribution in [1.29, 1.82) is 0 Å². The van der Waals surface area contributed by atoms with Gasteiger partial charge in [0.1, 0.15) is 0 Å². The summed E-state index contributed by atoms with van der Waals surface area (Å²) in [6.07, 6.45) is 0. The van der Waals surface area contributed by atoms with Crippen LogP contribution in [0.3, 0.4) is 0 Å². The van der Waals surface area contributed by atoms with Gasteiger partial charge in [0, 0.05) is 19.3 Å². The lowest BCUT2D eigenvalue weighted by molar-refractivity contribution is 0.0692. The Balaban J connectivity index is 2.74. The molecule has 1 rings (SSSR count). The van der Waals surface area contributed by atoms with Crippen LogP contribution in [0.1, 0.15) is 10.4 Å². The predicted octanol–water partition coefficient (Wildman–Crippen LogP) is -0.0917. The van der Waals surface area contributed by atoms with Crippen LogP contribution in [0.15, 0.2) is 23.1 Å². The van der Waals surface area contributed by atoms with Gasteiger partial charge in [-0.15, -0.1) is 0 Å². The van der Waals surface area contributed by atoms with Crippen molar-refractivity contribution in [2.75, 3.05) is 39.2 Å². The van der Waals surface area contributed by atoms with E-state index >= 15 is 0 Å². The Morgan fingerprint density at radius 1 is 1.33 bits per heavy atom. The molecule has 0 unspecified atom stereocenters. The summed E-state index contributed by atoms with van der Waals surface area (Å²) in [5.41, 5.74) is 5.34. The number of sulfonamides is 1. The fourth-order valence-electron chi connectivity index (χ4n) is 1.51. The van der Waals surface area contributed by atoms with E-state index < -0.39 is 16.0 Å². The summed E-state index contributed by atoms with van der Waals surface area (Å²) in [5, 5.41) is 9.02. The van der Waals surface area contributed by atoms with E-state index in [9.17, 15) is 13.2 Å². The fraction of sp³-hybridized carbons (Fsp3) is 0.417. The van der Waals surface area contributed by atoms with Gasteiger partial charge in [0.25, 0.3) is 0 Å². The van der Waals surface area contributed by atoms with Crippen LogP contribution in [0.2, 0.25) is 0 Å². The Morgan fingerprint density at radius 2 is 2.05 bits per heavy atom. The van der Waals surface area contributed by atoms with Crippen LogP contribution in [0, 0.1) is 0 Å². The highest BCUT2D eigenvalue weighted by Gasteiger charge is 2.22. The maximum Gasteiger partial charge on any atom is 0.337 e. The van der Waals surface area contributed by atoms with Gasteiger partial charge in [0.2, 0.25) is 10.0 Å². The largest absolute Gasteiger partial charge is 0.478 e. The molecule has 0 aliphatic carbocycles. The third-order valence-electron chi connectivity index (χ3n) is 2.50. The van der Waals surface area contributed by atoms with Crippen molar-refractivity contribution in [1.82, 2.24) is 4.72 Å². The van der Waals surface area contributed by atoms with Gasteiger partial charge in [0.05, 0.1) is 30.3 Å². The highest BCUT2D eigenvalue weighted by molar-refractivity contribution is 7.89. The summed E-state index contributed by atoms with van der Waals surface area (Å²) in [5.74, 6) is -1.34. The average molecular weight is 318 g/mol. The quantitative estimate of drug-likeness (QED) is 0.428. The van der Waals surface area contributed by atoms with Crippen molar-refractivity contribution < 1.29 is 27.8 Å². The minimum absolute atomic E-state index is 0.0138. The molecule has 118 valence electrons. The number of nitrogens with one attached hydrogen (secondary N) is 1. The molecule has 4 N–H and O–H groups in total.